The molecule has 3 aliphatic heterocycles. The van der Waals surface area contributed by atoms with E-state index in [9.17, 15) is 4.79 Å². The maximum absolute atomic E-state index is 12.5. The van der Waals surface area contributed by atoms with E-state index in [0.717, 1.165) is 17.4 Å². The summed E-state index contributed by atoms with van der Waals surface area (Å²) in [5.74, 6) is 1.39. The highest BCUT2D eigenvalue weighted by molar-refractivity contribution is 7.11. The molecular weight excluding hydrogens is 320 g/mol. The highest BCUT2D eigenvalue weighted by Crippen LogP contribution is 2.32. The van der Waals surface area contributed by atoms with Gasteiger partial charge >= 0.3 is 0 Å². The summed E-state index contributed by atoms with van der Waals surface area (Å²) < 4.78 is 5.74. The number of carbonyl (C=O) groups is 1. The minimum Gasteiger partial charge on any atom is -0.447 e. The fourth-order valence-electron chi connectivity index (χ4n) is 3.82. The maximum atomic E-state index is 12.5. The summed E-state index contributed by atoms with van der Waals surface area (Å²) in [6, 6.07) is 12.2. The molecule has 5 heteroatoms. The van der Waals surface area contributed by atoms with Crippen molar-refractivity contribution in [1.82, 2.24) is 10.2 Å². The number of benzene rings is 1. The highest BCUT2D eigenvalue weighted by Gasteiger charge is 2.38. The SMILES string of the molecule is CC1CC2CCN1CC2NC(=O)c1ccc(Oc2cccs2)cc1. The Morgan fingerprint density at radius 1 is 1.29 bits per heavy atom. The first-order valence-corrected chi connectivity index (χ1v) is 9.43. The Morgan fingerprint density at radius 3 is 2.75 bits per heavy atom. The first-order chi connectivity index (χ1) is 11.7. The Balaban J connectivity index is 1.38. The van der Waals surface area contributed by atoms with Crippen LogP contribution in [0.5, 0.6) is 10.8 Å². The second kappa shape index (κ2) is 6.57. The molecule has 2 bridgehead atoms. The zero-order valence-corrected chi connectivity index (χ0v) is 14.6. The number of piperidine rings is 3. The molecule has 24 heavy (non-hydrogen) atoms. The van der Waals surface area contributed by atoms with Crippen molar-refractivity contribution >= 4 is 17.2 Å². The van der Waals surface area contributed by atoms with Gasteiger partial charge in [0.15, 0.2) is 5.06 Å². The van der Waals surface area contributed by atoms with Crippen LogP contribution in [0.1, 0.15) is 30.1 Å². The van der Waals surface area contributed by atoms with E-state index in [4.69, 9.17) is 4.74 Å². The van der Waals surface area contributed by atoms with Crippen LogP contribution in [0.4, 0.5) is 0 Å². The Hall–Kier alpha value is -1.85. The van der Waals surface area contributed by atoms with Crippen molar-refractivity contribution in [1.29, 1.82) is 0 Å². The summed E-state index contributed by atoms with van der Waals surface area (Å²) in [7, 11) is 0. The molecule has 2 aromatic rings. The van der Waals surface area contributed by atoms with Crippen LogP contribution in [-0.2, 0) is 0 Å². The number of amides is 1. The van der Waals surface area contributed by atoms with Gasteiger partial charge in [-0.25, -0.2) is 0 Å². The Kier molecular flexibility index (Phi) is 4.29. The molecule has 0 spiro atoms. The van der Waals surface area contributed by atoms with Crippen LogP contribution in [0.3, 0.4) is 0 Å². The molecule has 126 valence electrons. The van der Waals surface area contributed by atoms with E-state index in [1.54, 1.807) is 11.3 Å². The van der Waals surface area contributed by atoms with Crippen LogP contribution in [0, 0.1) is 5.92 Å². The summed E-state index contributed by atoms with van der Waals surface area (Å²) in [5.41, 5.74) is 0.693. The summed E-state index contributed by atoms with van der Waals surface area (Å²) >= 11 is 1.55. The number of hydrogen-bond acceptors (Lipinski definition) is 4. The van der Waals surface area contributed by atoms with E-state index < -0.39 is 0 Å². The standard InChI is InChI=1S/C19H22N2O2S/c1-13-11-15-8-9-21(13)12-17(15)20-19(22)14-4-6-16(7-5-14)23-18-3-2-10-24-18/h2-7,10,13,15,17H,8-9,11-12H2,1H3,(H,20,22). The molecule has 1 aromatic heterocycles. The Labute approximate surface area is 146 Å². The molecule has 4 nitrogen and oxygen atoms in total. The number of nitrogens with zero attached hydrogens (tertiary/aromatic N) is 1. The molecule has 0 aliphatic carbocycles. The average molecular weight is 342 g/mol. The van der Waals surface area contributed by atoms with E-state index >= 15 is 0 Å². The lowest BCUT2D eigenvalue weighted by Gasteiger charge is -2.48. The van der Waals surface area contributed by atoms with E-state index in [1.807, 2.05) is 41.8 Å². The molecular formula is C19H22N2O2S. The van der Waals surface area contributed by atoms with Crippen molar-refractivity contribution in [3.63, 3.8) is 0 Å². The maximum Gasteiger partial charge on any atom is 0.251 e. The molecule has 3 saturated heterocycles. The van der Waals surface area contributed by atoms with Crippen LogP contribution < -0.4 is 10.1 Å². The fraction of sp³-hybridized carbons (Fsp3) is 0.421. The molecule has 3 aliphatic rings. The number of carbonyl (C=O) groups excluding carboxylic acids is 1. The monoisotopic (exact) mass is 342 g/mol. The van der Waals surface area contributed by atoms with E-state index in [2.05, 4.69) is 17.1 Å². The Bertz CT molecular complexity index is 699. The first kappa shape index (κ1) is 15.7. The third-order valence-electron chi connectivity index (χ3n) is 5.20. The third kappa shape index (κ3) is 3.19. The summed E-state index contributed by atoms with van der Waals surface area (Å²) in [4.78, 5) is 15.0. The van der Waals surface area contributed by atoms with Crippen molar-refractivity contribution in [2.45, 2.75) is 31.8 Å². The van der Waals surface area contributed by atoms with Gasteiger partial charge in [0.05, 0.1) is 0 Å². The number of nitrogens with one attached hydrogen (secondary N) is 1. The van der Waals surface area contributed by atoms with Gasteiger partial charge in [0, 0.05) is 24.2 Å². The van der Waals surface area contributed by atoms with E-state index in [1.165, 1.54) is 19.4 Å². The van der Waals surface area contributed by atoms with Crippen LogP contribution in [-0.4, -0.2) is 36.0 Å². The minimum atomic E-state index is 0.0177. The van der Waals surface area contributed by atoms with Crippen molar-refractivity contribution in [2.24, 2.45) is 5.92 Å². The van der Waals surface area contributed by atoms with E-state index in [0.29, 0.717) is 17.5 Å². The number of thiophene rings is 1. The molecule has 3 fully saturated rings. The second-order valence-corrected chi connectivity index (χ2v) is 7.68. The van der Waals surface area contributed by atoms with Crippen LogP contribution in [0.2, 0.25) is 0 Å². The van der Waals surface area contributed by atoms with Gasteiger partial charge in [-0.2, -0.15) is 0 Å². The minimum absolute atomic E-state index is 0.0177. The predicted octanol–water partition coefficient (Wildman–Crippen LogP) is 3.75. The number of ether oxygens (including phenoxy) is 1. The lowest BCUT2D eigenvalue weighted by Crippen LogP contribution is -2.60. The van der Waals surface area contributed by atoms with Crippen molar-refractivity contribution in [3.05, 3.63) is 47.3 Å². The summed E-state index contributed by atoms with van der Waals surface area (Å²) in [6.07, 6.45) is 2.39. The predicted molar refractivity (Wildman–Crippen MR) is 95.8 cm³/mol. The van der Waals surface area contributed by atoms with Crippen LogP contribution in [0.15, 0.2) is 41.8 Å². The van der Waals surface area contributed by atoms with Crippen LogP contribution >= 0.6 is 11.3 Å². The highest BCUT2D eigenvalue weighted by atomic mass is 32.1. The van der Waals surface area contributed by atoms with Gasteiger partial charge in [-0.05, 0) is 74.0 Å². The molecule has 4 atom stereocenters. The van der Waals surface area contributed by atoms with Crippen molar-refractivity contribution in [3.8, 4) is 10.8 Å². The van der Waals surface area contributed by atoms with Gasteiger partial charge < -0.3 is 10.1 Å². The normalized spacial score (nSPS) is 28.5. The van der Waals surface area contributed by atoms with Crippen molar-refractivity contribution < 1.29 is 9.53 Å². The van der Waals surface area contributed by atoms with E-state index in [-0.39, 0.29) is 11.9 Å². The molecule has 0 saturated carbocycles. The lowest BCUT2D eigenvalue weighted by molar-refractivity contribution is 0.0274. The molecule has 5 rings (SSSR count). The zero-order chi connectivity index (χ0) is 16.5. The quantitative estimate of drug-likeness (QED) is 0.920. The van der Waals surface area contributed by atoms with Crippen LogP contribution in [0.25, 0.3) is 0 Å². The van der Waals surface area contributed by atoms with Gasteiger partial charge in [0.25, 0.3) is 5.91 Å². The van der Waals surface area contributed by atoms with Gasteiger partial charge in [-0.1, -0.05) is 0 Å². The largest absolute Gasteiger partial charge is 0.447 e. The molecule has 4 unspecified atom stereocenters. The molecule has 1 amide bonds. The molecule has 1 aromatic carbocycles. The number of rotatable bonds is 4. The molecule has 0 radical (unpaired) electrons. The van der Waals surface area contributed by atoms with Crippen molar-refractivity contribution in [2.75, 3.05) is 13.1 Å². The van der Waals surface area contributed by atoms with Gasteiger partial charge in [-0.15, -0.1) is 11.3 Å². The van der Waals surface area contributed by atoms with Gasteiger partial charge in [0.1, 0.15) is 5.75 Å². The topological polar surface area (TPSA) is 41.6 Å². The van der Waals surface area contributed by atoms with Gasteiger partial charge in [0.2, 0.25) is 0 Å². The van der Waals surface area contributed by atoms with Gasteiger partial charge in [-0.3, -0.25) is 9.69 Å². The fourth-order valence-corrected chi connectivity index (χ4v) is 4.42. The smallest absolute Gasteiger partial charge is 0.251 e. The zero-order valence-electron chi connectivity index (χ0n) is 13.8. The lowest BCUT2D eigenvalue weighted by atomic mass is 9.80. The summed E-state index contributed by atoms with van der Waals surface area (Å²) in [5, 5.41) is 6.07. The molecule has 4 heterocycles. The summed E-state index contributed by atoms with van der Waals surface area (Å²) in [6.45, 7) is 4.45. The first-order valence-electron chi connectivity index (χ1n) is 8.55. The number of hydrogen-bond donors (Lipinski definition) is 1. The third-order valence-corrected chi connectivity index (χ3v) is 5.95. The second-order valence-electron chi connectivity index (χ2n) is 6.77. The average Bonchev–Trinajstić information content (AvgIpc) is 3.09. The molecule has 1 N–H and O–H groups in total. The number of fused-ring (bicyclic) bond motifs is 3. The Morgan fingerprint density at radius 2 is 2.12 bits per heavy atom.